The normalized spacial score (nSPS) is 13.7. The Morgan fingerprint density at radius 2 is 1.53 bits per heavy atom. The highest BCUT2D eigenvalue weighted by molar-refractivity contribution is 5.96. The molecule has 0 saturated carbocycles. The van der Waals surface area contributed by atoms with Crippen LogP contribution in [0.1, 0.15) is 10.4 Å². The number of nitrogens with one attached hydrogen (secondary N) is 1. The highest BCUT2D eigenvalue weighted by Crippen LogP contribution is 2.20. The average Bonchev–Trinajstić information content (AvgIpc) is 2.76. The van der Waals surface area contributed by atoms with Crippen LogP contribution in [0, 0.1) is 11.6 Å². The van der Waals surface area contributed by atoms with Gasteiger partial charge in [0, 0.05) is 26.2 Å². The molecule has 30 heavy (non-hydrogen) atoms. The number of hydrogen-bond acceptors (Lipinski definition) is 5. The highest BCUT2D eigenvalue weighted by atomic mass is 19.1. The summed E-state index contributed by atoms with van der Waals surface area (Å²) in [5.41, 5.74) is 0.302. The molecule has 0 aliphatic carbocycles. The van der Waals surface area contributed by atoms with E-state index in [4.69, 9.17) is 4.74 Å². The van der Waals surface area contributed by atoms with E-state index >= 15 is 0 Å². The minimum Gasteiger partial charge on any atom is -0.454 e. The van der Waals surface area contributed by atoms with Crippen molar-refractivity contribution in [2.45, 2.75) is 0 Å². The molecule has 1 heterocycles. The second-order valence-corrected chi connectivity index (χ2v) is 6.64. The quantitative estimate of drug-likeness (QED) is 0.723. The summed E-state index contributed by atoms with van der Waals surface area (Å²) in [4.78, 5) is 39.3. The second kappa shape index (κ2) is 9.82. The van der Waals surface area contributed by atoms with Gasteiger partial charge in [-0.1, -0.05) is 24.3 Å². The third-order valence-electron chi connectivity index (χ3n) is 4.69. The Morgan fingerprint density at radius 1 is 0.900 bits per heavy atom. The fourth-order valence-corrected chi connectivity index (χ4v) is 3.08. The van der Waals surface area contributed by atoms with Crippen molar-refractivity contribution in [3.05, 3.63) is 65.7 Å². The number of para-hydroxylation sites is 1. The molecule has 9 heteroatoms. The molecule has 1 saturated heterocycles. The molecule has 0 bridgehead atoms. The number of halogens is 2. The van der Waals surface area contributed by atoms with Crippen LogP contribution in [0.4, 0.5) is 14.5 Å². The number of ether oxygens (including phenoxy) is 1. The number of amides is 2. The fourth-order valence-electron chi connectivity index (χ4n) is 3.08. The van der Waals surface area contributed by atoms with E-state index in [2.05, 4.69) is 5.32 Å². The summed E-state index contributed by atoms with van der Waals surface area (Å²) in [5.74, 6) is -2.95. The lowest BCUT2D eigenvalue weighted by atomic mass is 10.2. The van der Waals surface area contributed by atoms with E-state index in [-0.39, 0.29) is 17.3 Å². The molecule has 2 aromatic rings. The van der Waals surface area contributed by atoms with Gasteiger partial charge in [0.15, 0.2) is 6.61 Å². The summed E-state index contributed by atoms with van der Waals surface area (Å²) < 4.78 is 32.3. The van der Waals surface area contributed by atoms with Crippen LogP contribution in [0.25, 0.3) is 0 Å². The lowest BCUT2D eigenvalue weighted by molar-refractivity contribution is -0.151. The van der Waals surface area contributed by atoms with Crippen LogP contribution in [0.15, 0.2) is 48.5 Å². The number of benzene rings is 2. The van der Waals surface area contributed by atoms with Crippen LogP contribution in [0.5, 0.6) is 0 Å². The molecule has 3 rings (SSSR count). The molecular formula is C21H21F2N3O4. The number of piperazine rings is 1. The maximum absolute atomic E-state index is 13.9. The van der Waals surface area contributed by atoms with Gasteiger partial charge in [0.25, 0.3) is 11.8 Å². The maximum Gasteiger partial charge on any atom is 0.325 e. The van der Waals surface area contributed by atoms with Gasteiger partial charge in [-0.15, -0.1) is 0 Å². The van der Waals surface area contributed by atoms with Gasteiger partial charge < -0.3 is 19.9 Å². The number of carbonyl (C=O) groups excluding carboxylic acids is 3. The van der Waals surface area contributed by atoms with Gasteiger partial charge >= 0.3 is 5.97 Å². The largest absolute Gasteiger partial charge is 0.454 e. The monoisotopic (exact) mass is 417 g/mol. The summed E-state index contributed by atoms with van der Waals surface area (Å²) in [7, 11) is 0. The number of rotatable bonds is 6. The number of anilines is 1. The van der Waals surface area contributed by atoms with E-state index in [0.29, 0.717) is 31.9 Å². The Bertz CT molecular complexity index is 930. The molecule has 0 unspecified atom stereocenters. The van der Waals surface area contributed by atoms with Crippen LogP contribution >= 0.6 is 0 Å². The van der Waals surface area contributed by atoms with E-state index in [9.17, 15) is 23.2 Å². The molecule has 7 nitrogen and oxygen atoms in total. The zero-order valence-corrected chi connectivity index (χ0v) is 16.1. The topological polar surface area (TPSA) is 78.9 Å². The van der Waals surface area contributed by atoms with E-state index in [1.165, 1.54) is 29.2 Å². The first kappa shape index (κ1) is 21.2. The Kier molecular flexibility index (Phi) is 6.95. The molecule has 0 atom stereocenters. The van der Waals surface area contributed by atoms with Crippen LogP contribution in [-0.2, 0) is 14.3 Å². The van der Waals surface area contributed by atoms with Gasteiger partial charge in [-0.05, 0) is 24.3 Å². The van der Waals surface area contributed by atoms with Gasteiger partial charge in [0.2, 0.25) is 0 Å². The third kappa shape index (κ3) is 5.31. The van der Waals surface area contributed by atoms with Crippen LogP contribution in [0.3, 0.4) is 0 Å². The lowest BCUT2D eigenvalue weighted by Crippen LogP contribution is -2.50. The average molecular weight is 417 g/mol. The first-order valence-corrected chi connectivity index (χ1v) is 9.41. The standard InChI is InChI=1S/C21H21F2N3O4/c22-16-6-2-1-5-15(16)21(29)24-13-20(28)30-14-19(27)26-11-9-25(10-12-26)18-8-4-3-7-17(18)23/h1-8H,9-14H2,(H,24,29). The summed E-state index contributed by atoms with van der Waals surface area (Å²) >= 11 is 0. The Hall–Kier alpha value is -3.49. The molecule has 1 aliphatic rings. The zero-order valence-electron chi connectivity index (χ0n) is 16.1. The van der Waals surface area contributed by atoms with Gasteiger partial charge in [0.05, 0.1) is 11.3 Å². The van der Waals surface area contributed by atoms with Crippen molar-refractivity contribution >= 4 is 23.5 Å². The van der Waals surface area contributed by atoms with E-state index in [0.717, 1.165) is 6.07 Å². The zero-order chi connectivity index (χ0) is 21.5. The smallest absolute Gasteiger partial charge is 0.325 e. The number of nitrogens with zero attached hydrogens (tertiary/aromatic N) is 2. The summed E-state index contributed by atoms with van der Waals surface area (Å²) in [5, 5.41) is 2.25. The Morgan fingerprint density at radius 3 is 2.20 bits per heavy atom. The minimum absolute atomic E-state index is 0.186. The van der Waals surface area contributed by atoms with Gasteiger partial charge in [-0.3, -0.25) is 14.4 Å². The number of esters is 1. The predicted octanol–water partition coefficient (Wildman–Crippen LogP) is 1.59. The van der Waals surface area contributed by atoms with E-state index < -0.39 is 30.8 Å². The minimum atomic E-state index is -0.807. The molecule has 1 fully saturated rings. The molecule has 0 radical (unpaired) electrons. The van der Waals surface area contributed by atoms with Crippen molar-refractivity contribution in [3.8, 4) is 0 Å². The molecule has 2 amide bonds. The Balaban J connectivity index is 1.39. The lowest BCUT2D eigenvalue weighted by Gasteiger charge is -2.36. The van der Waals surface area contributed by atoms with Crippen LogP contribution < -0.4 is 10.2 Å². The highest BCUT2D eigenvalue weighted by Gasteiger charge is 2.23. The van der Waals surface area contributed by atoms with Crippen molar-refractivity contribution in [1.82, 2.24) is 10.2 Å². The molecule has 1 aliphatic heterocycles. The van der Waals surface area contributed by atoms with E-state index in [1.54, 1.807) is 18.2 Å². The van der Waals surface area contributed by atoms with Gasteiger partial charge in [-0.25, -0.2) is 8.78 Å². The molecule has 0 spiro atoms. The molecular weight excluding hydrogens is 396 g/mol. The Labute approximate surface area is 172 Å². The maximum atomic E-state index is 13.9. The van der Waals surface area contributed by atoms with Gasteiger partial charge in [-0.2, -0.15) is 0 Å². The van der Waals surface area contributed by atoms with Crippen LogP contribution in [0.2, 0.25) is 0 Å². The van der Waals surface area contributed by atoms with E-state index in [1.807, 2.05) is 4.90 Å². The van der Waals surface area contributed by atoms with Crippen molar-refractivity contribution in [3.63, 3.8) is 0 Å². The van der Waals surface area contributed by atoms with Crippen molar-refractivity contribution < 1.29 is 27.9 Å². The van der Waals surface area contributed by atoms with Crippen molar-refractivity contribution in [1.29, 1.82) is 0 Å². The fraction of sp³-hybridized carbons (Fsp3) is 0.286. The third-order valence-corrected chi connectivity index (χ3v) is 4.69. The number of carbonyl (C=O) groups is 3. The summed E-state index contributed by atoms with van der Waals surface area (Å²) in [6, 6.07) is 11.8. The molecule has 1 N–H and O–H groups in total. The van der Waals surface area contributed by atoms with Crippen molar-refractivity contribution in [2.75, 3.05) is 44.2 Å². The van der Waals surface area contributed by atoms with Crippen molar-refractivity contribution in [2.24, 2.45) is 0 Å². The summed E-state index contributed by atoms with van der Waals surface area (Å²) in [6.07, 6.45) is 0. The molecule has 2 aromatic carbocycles. The first-order chi connectivity index (χ1) is 14.5. The first-order valence-electron chi connectivity index (χ1n) is 9.41. The second-order valence-electron chi connectivity index (χ2n) is 6.64. The molecule has 0 aromatic heterocycles. The van der Waals surface area contributed by atoms with Crippen LogP contribution in [-0.4, -0.2) is 62.0 Å². The number of hydrogen-bond donors (Lipinski definition) is 1. The molecule has 158 valence electrons. The van der Waals surface area contributed by atoms with Gasteiger partial charge in [0.1, 0.15) is 18.2 Å². The summed E-state index contributed by atoms with van der Waals surface area (Å²) in [6.45, 7) is 0.706. The SMILES string of the molecule is O=C(CNC(=O)c1ccccc1F)OCC(=O)N1CCN(c2ccccc2F)CC1. The predicted molar refractivity (Wildman–Crippen MR) is 105 cm³/mol.